The lowest BCUT2D eigenvalue weighted by molar-refractivity contribution is -0.117. The average Bonchev–Trinajstić information content (AvgIpc) is 2.93. The normalized spacial score (nSPS) is 12.2. The van der Waals surface area contributed by atoms with Gasteiger partial charge < -0.3 is 4.57 Å². The topological polar surface area (TPSA) is 34.4 Å². The van der Waals surface area contributed by atoms with Crippen molar-refractivity contribution in [2.24, 2.45) is 12.0 Å². The van der Waals surface area contributed by atoms with Crippen molar-refractivity contribution in [3.8, 4) is 0 Å². The summed E-state index contributed by atoms with van der Waals surface area (Å²) >= 11 is 1.50. The molecule has 0 saturated carbocycles. The van der Waals surface area contributed by atoms with Crippen LogP contribution in [0.5, 0.6) is 0 Å². The maximum absolute atomic E-state index is 13.0. The van der Waals surface area contributed by atoms with E-state index in [2.05, 4.69) is 29.3 Å². The first-order valence-electron chi connectivity index (χ1n) is 7.91. The molecule has 0 spiro atoms. The molecule has 0 fully saturated rings. The number of rotatable bonds is 2. The number of aryl methyl sites for hydroxylation is 1. The Balaban J connectivity index is 1.77. The maximum Gasteiger partial charge on any atom is 0.252 e. The van der Waals surface area contributed by atoms with Crippen LogP contribution in [0.3, 0.4) is 0 Å². The van der Waals surface area contributed by atoms with Crippen molar-refractivity contribution < 1.29 is 9.18 Å². The van der Waals surface area contributed by atoms with Gasteiger partial charge in [0.05, 0.1) is 16.6 Å². The maximum atomic E-state index is 13.0. The summed E-state index contributed by atoms with van der Waals surface area (Å²) in [7, 11) is 1.93. The van der Waals surface area contributed by atoms with Gasteiger partial charge in [-0.2, -0.15) is 4.99 Å². The summed E-state index contributed by atoms with van der Waals surface area (Å²) in [5, 5.41) is 2.30. The van der Waals surface area contributed by atoms with Crippen LogP contribution in [0.2, 0.25) is 0 Å². The molecule has 1 aromatic heterocycles. The Morgan fingerprint density at radius 2 is 1.84 bits per heavy atom. The molecule has 0 saturated heterocycles. The molecular weight excluding hydrogens is 335 g/mol. The summed E-state index contributed by atoms with van der Waals surface area (Å²) < 4.78 is 16.0. The molecule has 124 valence electrons. The smallest absolute Gasteiger partial charge is 0.252 e. The lowest BCUT2D eigenvalue weighted by atomic mass is 10.1. The number of fused-ring (bicyclic) bond motifs is 3. The standard InChI is InChI=1S/C20H15FN2OS/c1-23-19-16-5-3-2-4-14(16)8-11-17(19)25-20(23)22-18(24)12-13-6-9-15(21)10-7-13/h2-11H,12H2,1H3. The van der Waals surface area contributed by atoms with E-state index in [0.29, 0.717) is 4.80 Å². The fourth-order valence-electron chi connectivity index (χ4n) is 2.95. The van der Waals surface area contributed by atoms with Gasteiger partial charge in [-0.25, -0.2) is 4.39 Å². The highest BCUT2D eigenvalue weighted by Crippen LogP contribution is 2.26. The van der Waals surface area contributed by atoms with Crippen LogP contribution in [0.4, 0.5) is 4.39 Å². The van der Waals surface area contributed by atoms with E-state index in [1.54, 1.807) is 12.1 Å². The zero-order valence-electron chi connectivity index (χ0n) is 13.6. The Morgan fingerprint density at radius 1 is 1.08 bits per heavy atom. The SMILES string of the molecule is Cn1c(=NC(=O)Cc2ccc(F)cc2)sc2ccc3ccccc3c21. The van der Waals surface area contributed by atoms with Crippen LogP contribution in [0.25, 0.3) is 21.0 Å². The Hall–Kier alpha value is -2.79. The summed E-state index contributed by atoms with van der Waals surface area (Å²) in [5.41, 5.74) is 1.83. The molecule has 0 aliphatic carbocycles. The van der Waals surface area contributed by atoms with Crippen LogP contribution in [0.15, 0.2) is 65.7 Å². The molecule has 25 heavy (non-hydrogen) atoms. The van der Waals surface area contributed by atoms with Crippen LogP contribution in [0, 0.1) is 5.82 Å². The summed E-state index contributed by atoms with van der Waals surface area (Å²) in [6.07, 6.45) is 0.162. The Morgan fingerprint density at radius 3 is 2.64 bits per heavy atom. The molecule has 0 unspecified atom stereocenters. The molecule has 0 atom stereocenters. The molecule has 0 radical (unpaired) electrons. The third-order valence-corrected chi connectivity index (χ3v) is 5.27. The minimum atomic E-state index is -0.309. The van der Waals surface area contributed by atoms with E-state index in [4.69, 9.17) is 0 Å². The van der Waals surface area contributed by atoms with Gasteiger partial charge in [0.25, 0.3) is 5.91 Å². The minimum Gasteiger partial charge on any atom is -0.319 e. The first kappa shape index (κ1) is 15.7. The monoisotopic (exact) mass is 350 g/mol. The molecule has 1 amide bonds. The highest BCUT2D eigenvalue weighted by atomic mass is 32.1. The summed E-state index contributed by atoms with van der Waals surface area (Å²) in [6.45, 7) is 0. The van der Waals surface area contributed by atoms with Crippen molar-refractivity contribution in [3.63, 3.8) is 0 Å². The number of benzene rings is 3. The van der Waals surface area contributed by atoms with Crippen LogP contribution in [-0.2, 0) is 18.3 Å². The Kier molecular flexibility index (Phi) is 3.93. The van der Waals surface area contributed by atoms with Crippen molar-refractivity contribution in [2.75, 3.05) is 0 Å². The van der Waals surface area contributed by atoms with Crippen molar-refractivity contribution in [1.29, 1.82) is 0 Å². The highest BCUT2D eigenvalue weighted by molar-refractivity contribution is 7.16. The molecule has 0 aliphatic rings. The third kappa shape index (κ3) is 2.98. The lowest BCUT2D eigenvalue weighted by Crippen LogP contribution is -2.14. The van der Waals surface area contributed by atoms with E-state index < -0.39 is 0 Å². The number of thiazole rings is 1. The van der Waals surface area contributed by atoms with Gasteiger partial charge in [0.1, 0.15) is 5.82 Å². The quantitative estimate of drug-likeness (QED) is 0.533. The number of carbonyl (C=O) groups excluding carboxylic acids is 1. The van der Waals surface area contributed by atoms with Crippen molar-refractivity contribution in [3.05, 3.63) is 76.8 Å². The molecule has 0 bridgehead atoms. The second-order valence-corrected chi connectivity index (χ2v) is 6.89. The molecule has 0 aliphatic heterocycles. The second kappa shape index (κ2) is 6.26. The first-order valence-corrected chi connectivity index (χ1v) is 8.73. The molecule has 4 rings (SSSR count). The van der Waals surface area contributed by atoms with Crippen LogP contribution in [0.1, 0.15) is 5.56 Å². The summed E-state index contributed by atoms with van der Waals surface area (Å²) in [5.74, 6) is -0.547. The van der Waals surface area contributed by atoms with Crippen molar-refractivity contribution in [1.82, 2.24) is 4.57 Å². The summed E-state index contributed by atoms with van der Waals surface area (Å²) in [4.78, 5) is 17.2. The molecular formula is C20H15FN2OS. The predicted octanol–water partition coefficient (Wildman–Crippen LogP) is 4.20. The van der Waals surface area contributed by atoms with Gasteiger partial charge >= 0.3 is 0 Å². The third-order valence-electron chi connectivity index (χ3n) is 4.18. The largest absolute Gasteiger partial charge is 0.319 e. The van der Waals surface area contributed by atoms with Crippen LogP contribution < -0.4 is 4.80 Å². The van der Waals surface area contributed by atoms with Gasteiger partial charge in [-0.1, -0.05) is 53.8 Å². The Labute approximate surface area is 147 Å². The van der Waals surface area contributed by atoms with Gasteiger partial charge in [-0.15, -0.1) is 0 Å². The van der Waals surface area contributed by atoms with Gasteiger partial charge in [0.15, 0.2) is 4.80 Å². The van der Waals surface area contributed by atoms with Crippen molar-refractivity contribution in [2.45, 2.75) is 6.42 Å². The number of nitrogens with zero attached hydrogens (tertiary/aromatic N) is 2. The summed E-state index contributed by atoms with van der Waals surface area (Å²) in [6, 6.07) is 18.3. The van der Waals surface area contributed by atoms with Gasteiger partial charge in [0.2, 0.25) is 0 Å². The number of carbonyl (C=O) groups is 1. The van der Waals surface area contributed by atoms with E-state index in [1.807, 2.05) is 23.7 Å². The van der Waals surface area contributed by atoms with E-state index >= 15 is 0 Å². The fourth-order valence-corrected chi connectivity index (χ4v) is 4.00. The van der Waals surface area contributed by atoms with Crippen LogP contribution in [-0.4, -0.2) is 10.5 Å². The van der Waals surface area contributed by atoms with Gasteiger partial charge in [0, 0.05) is 12.4 Å². The molecule has 3 nitrogen and oxygen atoms in total. The van der Waals surface area contributed by atoms with Gasteiger partial charge in [-0.3, -0.25) is 4.79 Å². The average molecular weight is 350 g/mol. The molecule has 0 N–H and O–H groups in total. The fraction of sp³-hybridized carbons (Fsp3) is 0.100. The number of hydrogen-bond donors (Lipinski definition) is 0. The number of hydrogen-bond acceptors (Lipinski definition) is 2. The van der Waals surface area contributed by atoms with E-state index in [9.17, 15) is 9.18 Å². The van der Waals surface area contributed by atoms with Crippen molar-refractivity contribution >= 4 is 38.2 Å². The second-order valence-electron chi connectivity index (χ2n) is 5.89. The zero-order valence-corrected chi connectivity index (χ0v) is 14.4. The number of aromatic nitrogens is 1. The molecule has 5 heteroatoms. The molecule has 4 aromatic rings. The zero-order chi connectivity index (χ0) is 17.4. The van der Waals surface area contributed by atoms with E-state index in [-0.39, 0.29) is 18.1 Å². The number of halogens is 1. The van der Waals surface area contributed by atoms with E-state index in [1.165, 1.54) is 23.5 Å². The highest BCUT2D eigenvalue weighted by Gasteiger charge is 2.09. The molecule has 3 aromatic carbocycles. The minimum absolute atomic E-state index is 0.162. The first-order chi connectivity index (χ1) is 12.1. The molecule has 1 heterocycles. The lowest BCUT2D eigenvalue weighted by Gasteiger charge is -2.01. The Bertz CT molecular complexity index is 1160. The number of amides is 1. The van der Waals surface area contributed by atoms with Gasteiger partial charge in [-0.05, 0) is 29.1 Å². The van der Waals surface area contributed by atoms with E-state index in [0.717, 1.165) is 26.6 Å². The van der Waals surface area contributed by atoms with Crippen LogP contribution >= 0.6 is 11.3 Å². The predicted molar refractivity (Wildman–Crippen MR) is 99.0 cm³/mol.